The molecule has 0 unspecified atom stereocenters. The summed E-state index contributed by atoms with van der Waals surface area (Å²) in [7, 11) is 0. The molecule has 2 rings (SSSR count). The van der Waals surface area contributed by atoms with Crippen LogP contribution in [0.15, 0.2) is 35.5 Å². The van der Waals surface area contributed by atoms with Gasteiger partial charge in [0, 0.05) is 11.8 Å². The number of H-pyrrole nitrogens is 1. The Bertz CT molecular complexity index is 607. The summed E-state index contributed by atoms with van der Waals surface area (Å²) in [5.41, 5.74) is 1.96. The third kappa shape index (κ3) is 4.26. The molecule has 0 aliphatic rings. The normalized spacial score (nSPS) is 11.0. The molecule has 5 nitrogen and oxygen atoms in total. The van der Waals surface area contributed by atoms with Crippen LogP contribution in [0.3, 0.4) is 0 Å². The van der Waals surface area contributed by atoms with Gasteiger partial charge in [0.2, 0.25) is 5.16 Å². The van der Waals surface area contributed by atoms with Crippen LogP contribution >= 0.6 is 11.8 Å². The lowest BCUT2D eigenvalue weighted by molar-refractivity contribution is -0.131. The number of rotatable bonds is 5. The van der Waals surface area contributed by atoms with Gasteiger partial charge in [-0.15, -0.1) is 5.10 Å². The van der Waals surface area contributed by atoms with Gasteiger partial charge >= 0.3 is 5.97 Å². The molecule has 0 amide bonds. The fraction of sp³-hybridized carbons (Fsp3) is 0.154. The predicted molar refractivity (Wildman–Crippen MR) is 73.8 cm³/mol. The van der Waals surface area contributed by atoms with Crippen molar-refractivity contribution in [1.82, 2.24) is 15.2 Å². The Kier molecular flexibility index (Phi) is 4.35. The third-order valence-electron chi connectivity index (χ3n) is 2.31. The zero-order valence-electron chi connectivity index (χ0n) is 10.3. The number of carboxylic acids is 1. The van der Waals surface area contributed by atoms with E-state index in [0.717, 1.165) is 28.8 Å². The van der Waals surface area contributed by atoms with Crippen LogP contribution in [0.2, 0.25) is 0 Å². The number of nitrogens with zero attached hydrogens (tertiary/aromatic N) is 2. The smallest absolute Gasteiger partial charge is 0.328 e. The lowest BCUT2D eigenvalue weighted by Gasteiger charge is -2.00. The summed E-state index contributed by atoms with van der Waals surface area (Å²) in [4.78, 5) is 14.7. The van der Waals surface area contributed by atoms with Crippen molar-refractivity contribution in [2.45, 2.75) is 17.8 Å². The van der Waals surface area contributed by atoms with Crippen molar-refractivity contribution in [3.05, 3.63) is 47.3 Å². The standard InChI is InChI=1S/C13H13N3O2S/c1-9-14-13(16-15-9)19-8-11-4-2-3-10(7-11)5-6-12(17)18/h2-7H,8H2,1H3,(H,17,18)(H,14,15,16). The van der Waals surface area contributed by atoms with Crippen LogP contribution in [0.4, 0.5) is 0 Å². The summed E-state index contributed by atoms with van der Waals surface area (Å²) in [5, 5.41) is 16.1. The monoisotopic (exact) mass is 275 g/mol. The molecule has 0 atom stereocenters. The Morgan fingerprint density at radius 2 is 2.37 bits per heavy atom. The summed E-state index contributed by atoms with van der Waals surface area (Å²) in [5.74, 6) is 0.586. The van der Waals surface area contributed by atoms with Crippen molar-refractivity contribution < 1.29 is 9.90 Å². The van der Waals surface area contributed by atoms with Gasteiger partial charge in [-0.25, -0.2) is 9.78 Å². The molecule has 0 fully saturated rings. The van der Waals surface area contributed by atoms with E-state index in [1.165, 1.54) is 11.8 Å². The predicted octanol–water partition coefficient (Wildman–Crippen LogP) is 2.50. The minimum Gasteiger partial charge on any atom is -0.478 e. The second-order valence-corrected chi connectivity index (χ2v) is 4.85. The van der Waals surface area contributed by atoms with Crippen molar-refractivity contribution in [3.8, 4) is 0 Å². The first-order valence-corrected chi connectivity index (χ1v) is 6.64. The highest BCUT2D eigenvalue weighted by Gasteiger charge is 2.01. The minimum absolute atomic E-state index is 0.712. The van der Waals surface area contributed by atoms with E-state index >= 15 is 0 Å². The van der Waals surface area contributed by atoms with Gasteiger partial charge < -0.3 is 5.11 Å². The van der Waals surface area contributed by atoms with Gasteiger partial charge in [0.1, 0.15) is 5.82 Å². The molecule has 1 aromatic carbocycles. The number of hydrogen-bond donors (Lipinski definition) is 2. The van der Waals surface area contributed by atoms with E-state index in [1.807, 2.05) is 31.2 Å². The highest BCUT2D eigenvalue weighted by Crippen LogP contribution is 2.19. The summed E-state index contributed by atoms with van der Waals surface area (Å²) in [6, 6.07) is 7.71. The van der Waals surface area contributed by atoms with Crippen molar-refractivity contribution in [1.29, 1.82) is 0 Å². The zero-order chi connectivity index (χ0) is 13.7. The first-order chi connectivity index (χ1) is 9.13. The molecule has 0 saturated carbocycles. The Balaban J connectivity index is 2.00. The highest BCUT2D eigenvalue weighted by atomic mass is 32.2. The van der Waals surface area contributed by atoms with Gasteiger partial charge in [0.25, 0.3) is 0 Å². The van der Waals surface area contributed by atoms with Gasteiger partial charge in [-0.2, -0.15) is 0 Å². The Hall–Kier alpha value is -2.08. The molecule has 0 spiro atoms. The summed E-state index contributed by atoms with van der Waals surface area (Å²) in [6.07, 6.45) is 2.71. The number of aromatic nitrogens is 3. The second-order valence-electron chi connectivity index (χ2n) is 3.91. The van der Waals surface area contributed by atoms with E-state index < -0.39 is 5.97 Å². The average molecular weight is 275 g/mol. The molecule has 98 valence electrons. The molecule has 0 aliphatic heterocycles. The van der Waals surface area contributed by atoms with Crippen molar-refractivity contribution >= 4 is 23.8 Å². The number of hydrogen-bond acceptors (Lipinski definition) is 4. The second kappa shape index (κ2) is 6.19. The molecule has 0 radical (unpaired) electrons. The first kappa shape index (κ1) is 13.4. The Labute approximate surface area is 114 Å². The van der Waals surface area contributed by atoms with Gasteiger partial charge in [-0.05, 0) is 24.1 Å². The quantitative estimate of drug-likeness (QED) is 0.647. The highest BCUT2D eigenvalue weighted by molar-refractivity contribution is 7.98. The van der Waals surface area contributed by atoms with E-state index in [9.17, 15) is 4.79 Å². The van der Waals surface area contributed by atoms with Crippen LogP contribution in [0.1, 0.15) is 17.0 Å². The molecule has 2 aromatic rings. The number of nitrogens with one attached hydrogen (secondary N) is 1. The van der Waals surface area contributed by atoms with E-state index in [2.05, 4.69) is 15.2 Å². The largest absolute Gasteiger partial charge is 0.478 e. The maximum absolute atomic E-state index is 10.5. The van der Waals surface area contributed by atoms with Gasteiger partial charge in [-0.3, -0.25) is 5.10 Å². The number of benzene rings is 1. The number of carboxylic acid groups (broad SMARTS) is 1. The maximum Gasteiger partial charge on any atom is 0.328 e. The average Bonchev–Trinajstić information content (AvgIpc) is 2.80. The molecular formula is C13H13N3O2S. The topological polar surface area (TPSA) is 78.9 Å². The third-order valence-corrected chi connectivity index (χ3v) is 3.23. The van der Waals surface area contributed by atoms with Crippen LogP contribution < -0.4 is 0 Å². The molecule has 0 saturated heterocycles. The van der Waals surface area contributed by atoms with Crippen LogP contribution in [0.25, 0.3) is 6.08 Å². The Morgan fingerprint density at radius 1 is 1.53 bits per heavy atom. The molecular weight excluding hydrogens is 262 g/mol. The zero-order valence-corrected chi connectivity index (χ0v) is 11.1. The SMILES string of the molecule is Cc1nc(SCc2cccc(C=CC(=O)O)c2)n[nH]1. The van der Waals surface area contributed by atoms with Crippen LogP contribution in [0, 0.1) is 6.92 Å². The van der Waals surface area contributed by atoms with Crippen LogP contribution in [-0.2, 0) is 10.5 Å². The number of aromatic amines is 1. The van der Waals surface area contributed by atoms with E-state index in [0.29, 0.717) is 5.16 Å². The van der Waals surface area contributed by atoms with Crippen LogP contribution in [-0.4, -0.2) is 26.3 Å². The summed E-state index contributed by atoms with van der Waals surface area (Å²) >= 11 is 1.53. The molecule has 19 heavy (non-hydrogen) atoms. The van der Waals surface area contributed by atoms with E-state index in [1.54, 1.807) is 6.08 Å². The van der Waals surface area contributed by atoms with E-state index in [-0.39, 0.29) is 0 Å². The van der Waals surface area contributed by atoms with Crippen molar-refractivity contribution in [2.24, 2.45) is 0 Å². The number of thioether (sulfide) groups is 1. The number of aryl methyl sites for hydroxylation is 1. The van der Waals surface area contributed by atoms with Gasteiger partial charge in [0.05, 0.1) is 0 Å². The Morgan fingerprint density at radius 3 is 3.05 bits per heavy atom. The molecule has 0 aliphatic carbocycles. The number of aliphatic carboxylic acids is 1. The molecule has 1 heterocycles. The minimum atomic E-state index is -0.948. The van der Waals surface area contributed by atoms with Crippen molar-refractivity contribution in [3.63, 3.8) is 0 Å². The van der Waals surface area contributed by atoms with Crippen LogP contribution in [0.5, 0.6) is 0 Å². The lowest BCUT2D eigenvalue weighted by atomic mass is 10.1. The number of carbonyl (C=O) groups is 1. The molecule has 1 aromatic heterocycles. The first-order valence-electron chi connectivity index (χ1n) is 5.65. The maximum atomic E-state index is 10.5. The summed E-state index contributed by atoms with van der Waals surface area (Å²) < 4.78 is 0. The van der Waals surface area contributed by atoms with Crippen molar-refractivity contribution in [2.75, 3.05) is 0 Å². The lowest BCUT2D eigenvalue weighted by Crippen LogP contribution is -1.87. The fourth-order valence-electron chi connectivity index (χ4n) is 1.49. The summed E-state index contributed by atoms with van der Waals surface area (Å²) in [6.45, 7) is 1.86. The molecule has 6 heteroatoms. The van der Waals surface area contributed by atoms with Gasteiger partial charge in [-0.1, -0.05) is 36.0 Å². The van der Waals surface area contributed by atoms with E-state index in [4.69, 9.17) is 5.11 Å². The molecule has 2 N–H and O–H groups in total. The fourth-order valence-corrected chi connectivity index (χ4v) is 2.28. The molecule has 0 bridgehead atoms. The van der Waals surface area contributed by atoms with Gasteiger partial charge in [0.15, 0.2) is 0 Å².